The van der Waals surface area contributed by atoms with Crippen LogP contribution in [0.15, 0.2) is 17.0 Å². The summed E-state index contributed by atoms with van der Waals surface area (Å²) in [6.45, 7) is 0.213. The van der Waals surface area contributed by atoms with Gasteiger partial charge in [0.25, 0.3) is 0 Å². The van der Waals surface area contributed by atoms with Gasteiger partial charge in [-0.05, 0) is 25.0 Å². The first-order valence-electron chi connectivity index (χ1n) is 6.14. The Morgan fingerprint density at radius 1 is 1.29 bits per heavy atom. The average molecular weight is 354 g/mol. The van der Waals surface area contributed by atoms with E-state index < -0.39 is 22.1 Å². The number of aliphatic hydroxyl groups is 1. The number of halogens is 2. The van der Waals surface area contributed by atoms with Crippen LogP contribution in [0.2, 0.25) is 10.0 Å². The SMILES string of the molecule is O=C(O)c1cc(S(=O)(=O)N2CCC[C@H](O)C2)c(Cl)cc1Cl. The third-order valence-electron chi connectivity index (χ3n) is 3.23. The largest absolute Gasteiger partial charge is 0.478 e. The van der Waals surface area contributed by atoms with E-state index in [1.807, 2.05) is 0 Å². The second-order valence-corrected chi connectivity index (χ2v) is 7.45. The molecule has 1 atom stereocenters. The maximum atomic E-state index is 12.5. The van der Waals surface area contributed by atoms with Crippen molar-refractivity contribution < 1.29 is 23.4 Å². The zero-order chi connectivity index (χ0) is 15.8. The summed E-state index contributed by atoms with van der Waals surface area (Å²) < 4.78 is 26.2. The fourth-order valence-corrected chi connectivity index (χ4v) is 4.51. The van der Waals surface area contributed by atoms with E-state index >= 15 is 0 Å². The van der Waals surface area contributed by atoms with Crippen LogP contribution >= 0.6 is 23.2 Å². The molecule has 0 spiro atoms. The molecule has 1 aliphatic rings. The van der Waals surface area contributed by atoms with E-state index in [1.54, 1.807) is 0 Å². The van der Waals surface area contributed by atoms with Gasteiger partial charge in [0.2, 0.25) is 10.0 Å². The van der Waals surface area contributed by atoms with Crippen molar-refractivity contribution >= 4 is 39.2 Å². The molecule has 0 bridgehead atoms. The molecule has 0 aromatic heterocycles. The maximum absolute atomic E-state index is 12.5. The quantitative estimate of drug-likeness (QED) is 0.864. The van der Waals surface area contributed by atoms with Crippen molar-refractivity contribution in [2.24, 2.45) is 0 Å². The molecule has 9 heteroatoms. The molecule has 0 unspecified atom stereocenters. The van der Waals surface area contributed by atoms with E-state index in [0.29, 0.717) is 12.8 Å². The highest BCUT2D eigenvalue weighted by molar-refractivity contribution is 7.89. The number of nitrogens with zero attached hydrogens (tertiary/aromatic N) is 1. The number of β-amino-alcohol motifs (C(OH)–C–C–N with tert-alkyl or cyclic N) is 1. The summed E-state index contributed by atoms with van der Waals surface area (Å²) in [6, 6.07) is 2.04. The Morgan fingerprint density at radius 2 is 1.95 bits per heavy atom. The van der Waals surface area contributed by atoms with E-state index in [9.17, 15) is 18.3 Å². The van der Waals surface area contributed by atoms with E-state index in [4.69, 9.17) is 28.3 Å². The summed E-state index contributed by atoms with van der Waals surface area (Å²) in [4.78, 5) is 10.7. The zero-order valence-electron chi connectivity index (χ0n) is 10.8. The minimum atomic E-state index is -3.98. The number of sulfonamides is 1. The highest BCUT2D eigenvalue weighted by Crippen LogP contribution is 2.31. The van der Waals surface area contributed by atoms with Gasteiger partial charge < -0.3 is 10.2 Å². The Balaban J connectivity index is 2.49. The summed E-state index contributed by atoms with van der Waals surface area (Å²) in [5.74, 6) is -1.34. The molecule has 2 N–H and O–H groups in total. The van der Waals surface area contributed by atoms with Crippen molar-refractivity contribution in [2.45, 2.75) is 23.8 Å². The molecule has 116 valence electrons. The fourth-order valence-electron chi connectivity index (χ4n) is 2.17. The summed E-state index contributed by atoms with van der Waals surface area (Å²) in [5.41, 5.74) is -0.336. The molecular formula is C12H13Cl2NO5S. The lowest BCUT2D eigenvalue weighted by Crippen LogP contribution is -2.42. The molecule has 0 aliphatic carbocycles. The number of hydrogen-bond donors (Lipinski definition) is 2. The van der Waals surface area contributed by atoms with Gasteiger partial charge in [0.15, 0.2) is 0 Å². The monoisotopic (exact) mass is 353 g/mol. The van der Waals surface area contributed by atoms with E-state index in [2.05, 4.69) is 0 Å². The third kappa shape index (κ3) is 3.32. The van der Waals surface area contributed by atoms with Gasteiger partial charge in [-0.3, -0.25) is 0 Å². The molecule has 1 fully saturated rings. The van der Waals surface area contributed by atoms with Gasteiger partial charge in [-0.2, -0.15) is 4.31 Å². The number of benzene rings is 1. The second-order valence-electron chi connectivity index (χ2n) is 4.73. The van der Waals surface area contributed by atoms with Gasteiger partial charge in [0, 0.05) is 13.1 Å². The van der Waals surface area contributed by atoms with Gasteiger partial charge in [0.05, 0.1) is 21.7 Å². The number of carboxylic acids is 1. The first kappa shape index (κ1) is 16.5. The van der Waals surface area contributed by atoms with Crippen LogP contribution in [0.5, 0.6) is 0 Å². The number of hydrogen-bond acceptors (Lipinski definition) is 4. The molecule has 1 aliphatic heterocycles. The molecule has 21 heavy (non-hydrogen) atoms. The van der Waals surface area contributed by atoms with Crippen molar-refractivity contribution in [1.82, 2.24) is 4.31 Å². The zero-order valence-corrected chi connectivity index (χ0v) is 13.1. The Labute approximate surface area is 131 Å². The lowest BCUT2D eigenvalue weighted by atomic mass is 10.1. The van der Waals surface area contributed by atoms with Crippen LogP contribution in [0.1, 0.15) is 23.2 Å². The van der Waals surface area contributed by atoms with Crippen molar-refractivity contribution in [3.63, 3.8) is 0 Å². The Kier molecular flexibility index (Phi) is 4.79. The maximum Gasteiger partial charge on any atom is 0.337 e. The van der Waals surface area contributed by atoms with E-state index in [0.717, 1.165) is 16.4 Å². The molecule has 0 saturated carbocycles. The first-order valence-corrected chi connectivity index (χ1v) is 8.33. The van der Waals surface area contributed by atoms with Crippen molar-refractivity contribution in [1.29, 1.82) is 0 Å². The van der Waals surface area contributed by atoms with Crippen LogP contribution in [-0.2, 0) is 10.0 Å². The van der Waals surface area contributed by atoms with E-state index in [1.165, 1.54) is 0 Å². The van der Waals surface area contributed by atoms with Crippen LogP contribution in [-0.4, -0.2) is 48.1 Å². The number of piperidine rings is 1. The number of aromatic carboxylic acids is 1. The Hall–Kier alpha value is -0.860. The fraction of sp³-hybridized carbons (Fsp3) is 0.417. The number of aliphatic hydroxyl groups excluding tert-OH is 1. The molecule has 1 aromatic carbocycles. The first-order chi connectivity index (χ1) is 9.73. The predicted molar refractivity (Wildman–Crippen MR) is 77.4 cm³/mol. The molecule has 6 nitrogen and oxygen atoms in total. The summed E-state index contributed by atoms with van der Waals surface area (Å²) >= 11 is 11.6. The van der Waals surface area contributed by atoms with E-state index in [-0.39, 0.29) is 33.6 Å². The standard InChI is InChI=1S/C12H13Cl2NO5S/c13-9-5-10(14)11(4-8(9)12(17)18)21(19,20)15-3-1-2-7(16)6-15/h4-5,7,16H,1-3,6H2,(H,17,18)/t7-/m0/s1. The predicted octanol–water partition coefficient (Wildman–Crippen LogP) is 1.84. The van der Waals surface area contributed by atoms with Crippen molar-refractivity contribution in [3.8, 4) is 0 Å². The average Bonchev–Trinajstić information content (AvgIpc) is 2.37. The van der Waals surface area contributed by atoms with Crippen LogP contribution < -0.4 is 0 Å². The normalized spacial score (nSPS) is 20.4. The van der Waals surface area contributed by atoms with Crippen molar-refractivity contribution in [2.75, 3.05) is 13.1 Å². The summed E-state index contributed by atoms with van der Waals surface area (Å²) in [5, 5.41) is 18.3. The lowest BCUT2D eigenvalue weighted by Gasteiger charge is -2.29. The summed E-state index contributed by atoms with van der Waals surface area (Å²) in [6.07, 6.45) is 0.316. The van der Waals surface area contributed by atoms with Gasteiger partial charge in [-0.25, -0.2) is 13.2 Å². The van der Waals surface area contributed by atoms with Crippen LogP contribution in [0.3, 0.4) is 0 Å². The van der Waals surface area contributed by atoms with Crippen molar-refractivity contribution in [3.05, 3.63) is 27.7 Å². The number of rotatable bonds is 3. The molecule has 1 heterocycles. The van der Waals surface area contributed by atoms with Gasteiger partial charge in [-0.1, -0.05) is 23.2 Å². The van der Waals surface area contributed by atoms with Crippen LogP contribution in [0, 0.1) is 0 Å². The molecular weight excluding hydrogens is 341 g/mol. The Bertz CT molecular complexity index is 676. The third-order valence-corrected chi connectivity index (χ3v) is 5.87. The summed E-state index contributed by atoms with van der Waals surface area (Å²) in [7, 11) is -3.98. The minimum Gasteiger partial charge on any atom is -0.478 e. The smallest absolute Gasteiger partial charge is 0.337 e. The highest BCUT2D eigenvalue weighted by atomic mass is 35.5. The van der Waals surface area contributed by atoms with Gasteiger partial charge in [0.1, 0.15) is 4.90 Å². The minimum absolute atomic E-state index is 0.0380. The van der Waals surface area contributed by atoms with Crippen LogP contribution in [0.25, 0.3) is 0 Å². The topological polar surface area (TPSA) is 94.9 Å². The molecule has 1 aromatic rings. The van der Waals surface area contributed by atoms with Gasteiger partial charge in [-0.15, -0.1) is 0 Å². The molecule has 0 amide bonds. The highest BCUT2D eigenvalue weighted by Gasteiger charge is 2.32. The van der Waals surface area contributed by atoms with Gasteiger partial charge >= 0.3 is 5.97 Å². The number of carbonyl (C=O) groups is 1. The second kappa shape index (κ2) is 6.10. The molecule has 0 radical (unpaired) electrons. The Morgan fingerprint density at radius 3 is 2.52 bits per heavy atom. The number of carboxylic acid groups (broad SMARTS) is 1. The molecule has 2 rings (SSSR count). The lowest BCUT2D eigenvalue weighted by molar-refractivity contribution is 0.0696. The van der Waals surface area contributed by atoms with Crippen LogP contribution in [0.4, 0.5) is 0 Å². The molecule has 1 saturated heterocycles.